The summed E-state index contributed by atoms with van der Waals surface area (Å²) in [6, 6.07) is 19.3. The molecule has 0 fully saturated rings. The van der Waals surface area contributed by atoms with Crippen LogP contribution in [0, 0.1) is 11.3 Å². The summed E-state index contributed by atoms with van der Waals surface area (Å²) in [6.07, 6.45) is 0.315. The SMILES string of the molecule is CC(SCc1ccc(Cl)cc1)C(=O)N(CCC#N)c1ccccc1. The highest BCUT2D eigenvalue weighted by molar-refractivity contribution is 7.99. The van der Waals surface area contributed by atoms with Crippen molar-refractivity contribution in [2.75, 3.05) is 11.4 Å². The molecular weight excluding hydrogens is 340 g/mol. The third kappa shape index (κ3) is 5.30. The molecule has 3 nitrogen and oxygen atoms in total. The second-order valence-corrected chi connectivity index (χ2v) is 7.08. The summed E-state index contributed by atoms with van der Waals surface area (Å²) in [7, 11) is 0. The van der Waals surface area contributed by atoms with E-state index in [0.29, 0.717) is 18.0 Å². The Morgan fingerprint density at radius 1 is 1.21 bits per heavy atom. The number of hydrogen-bond donors (Lipinski definition) is 0. The smallest absolute Gasteiger partial charge is 0.239 e. The van der Waals surface area contributed by atoms with Gasteiger partial charge in [-0.3, -0.25) is 4.79 Å². The number of para-hydroxylation sites is 1. The second kappa shape index (κ2) is 9.36. The number of amides is 1. The lowest BCUT2D eigenvalue weighted by Gasteiger charge is -2.25. The molecule has 2 rings (SSSR count). The van der Waals surface area contributed by atoms with E-state index in [-0.39, 0.29) is 11.2 Å². The van der Waals surface area contributed by atoms with Crippen LogP contribution in [0.5, 0.6) is 0 Å². The van der Waals surface area contributed by atoms with Gasteiger partial charge in [0.1, 0.15) is 0 Å². The number of nitrogens with zero attached hydrogens (tertiary/aromatic N) is 2. The summed E-state index contributed by atoms with van der Waals surface area (Å²) in [6.45, 7) is 2.32. The average molecular weight is 359 g/mol. The maximum atomic E-state index is 12.8. The lowest BCUT2D eigenvalue weighted by molar-refractivity contribution is -0.117. The first-order valence-electron chi connectivity index (χ1n) is 7.71. The lowest BCUT2D eigenvalue weighted by Crippen LogP contribution is -2.37. The van der Waals surface area contributed by atoms with Crippen molar-refractivity contribution in [3.05, 3.63) is 65.2 Å². The van der Waals surface area contributed by atoms with E-state index in [1.54, 1.807) is 16.7 Å². The Kier molecular flexibility index (Phi) is 7.17. The molecule has 124 valence electrons. The van der Waals surface area contributed by atoms with Gasteiger partial charge in [0.15, 0.2) is 0 Å². The van der Waals surface area contributed by atoms with Gasteiger partial charge in [0.2, 0.25) is 5.91 Å². The lowest BCUT2D eigenvalue weighted by atomic mass is 10.2. The van der Waals surface area contributed by atoms with E-state index in [0.717, 1.165) is 17.0 Å². The number of hydrogen-bond acceptors (Lipinski definition) is 3. The molecule has 0 aliphatic heterocycles. The number of thioether (sulfide) groups is 1. The van der Waals surface area contributed by atoms with Gasteiger partial charge in [-0.25, -0.2) is 0 Å². The summed E-state index contributed by atoms with van der Waals surface area (Å²) in [5.41, 5.74) is 1.96. The minimum Gasteiger partial charge on any atom is -0.310 e. The number of carbonyl (C=O) groups is 1. The van der Waals surface area contributed by atoms with E-state index >= 15 is 0 Å². The van der Waals surface area contributed by atoms with Crippen molar-refractivity contribution in [1.82, 2.24) is 0 Å². The molecule has 0 saturated carbocycles. The zero-order chi connectivity index (χ0) is 17.4. The van der Waals surface area contributed by atoms with Crippen LogP contribution in [0.3, 0.4) is 0 Å². The number of carbonyl (C=O) groups excluding carboxylic acids is 1. The molecule has 0 aliphatic carbocycles. The molecule has 0 aromatic heterocycles. The minimum absolute atomic E-state index is 0.0235. The summed E-state index contributed by atoms with van der Waals surface area (Å²) in [5, 5.41) is 9.37. The van der Waals surface area contributed by atoms with Gasteiger partial charge in [0.05, 0.1) is 17.7 Å². The molecule has 2 aromatic carbocycles. The van der Waals surface area contributed by atoms with Crippen LogP contribution in [-0.2, 0) is 10.5 Å². The van der Waals surface area contributed by atoms with E-state index in [2.05, 4.69) is 6.07 Å². The molecule has 2 aromatic rings. The van der Waals surface area contributed by atoms with Crippen LogP contribution in [-0.4, -0.2) is 17.7 Å². The number of rotatable bonds is 7. The number of nitriles is 1. The van der Waals surface area contributed by atoms with Crippen LogP contribution in [0.1, 0.15) is 18.9 Å². The molecule has 0 bridgehead atoms. The monoisotopic (exact) mass is 358 g/mol. The number of anilines is 1. The molecule has 1 unspecified atom stereocenters. The van der Waals surface area contributed by atoms with Gasteiger partial charge in [-0.05, 0) is 36.8 Å². The molecule has 24 heavy (non-hydrogen) atoms. The average Bonchev–Trinajstić information content (AvgIpc) is 2.62. The van der Waals surface area contributed by atoms with Crippen molar-refractivity contribution in [1.29, 1.82) is 5.26 Å². The maximum Gasteiger partial charge on any atom is 0.239 e. The first-order chi connectivity index (χ1) is 11.6. The van der Waals surface area contributed by atoms with Crippen LogP contribution in [0.25, 0.3) is 0 Å². The quantitative estimate of drug-likeness (QED) is 0.706. The first kappa shape index (κ1) is 18.4. The third-order valence-electron chi connectivity index (χ3n) is 3.54. The summed E-state index contributed by atoms with van der Waals surface area (Å²) in [5.74, 6) is 0.765. The van der Waals surface area contributed by atoms with Gasteiger partial charge in [-0.2, -0.15) is 5.26 Å². The van der Waals surface area contributed by atoms with Crippen LogP contribution in [0.4, 0.5) is 5.69 Å². The Balaban J connectivity index is 2.02. The van der Waals surface area contributed by atoms with Crippen molar-refractivity contribution < 1.29 is 4.79 Å². The molecule has 0 radical (unpaired) electrons. The van der Waals surface area contributed by atoms with E-state index < -0.39 is 0 Å². The van der Waals surface area contributed by atoms with E-state index in [1.807, 2.05) is 61.5 Å². The molecule has 1 atom stereocenters. The molecule has 5 heteroatoms. The maximum absolute atomic E-state index is 12.8. The molecular formula is C19H19ClN2OS. The molecule has 1 amide bonds. The Labute approximate surface area is 152 Å². The normalized spacial score (nSPS) is 11.5. The molecule has 0 spiro atoms. The molecule has 0 heterocycles. The number of benzene rings is 2. The van der Waals surface area contributed by atoms with Gasteiger partial charge in [-0.1, -0.05) is 41.9 Å². The van der Waals surface area contributed by atoms with E-state index in [1.165, 1.54) is 0 Å². The fraction of sp³-hybridized carbons (Fsp3) is 0.263. The Morgan fingerprint density at radius 3 is 2.50 bits per heavy atom. The summed E-state index contributed by atoms with van der Waals surface area (Å²) >= 11 is 7.47. The molecule has 0 aliphatic rings. The van der Waals surface area contributed by atoms with E-state index in [4.69, 9.17) is 16.9 Å². The van der Waals surface area contributed by atoms with Crippen molar-refractivity contribution in [3.8, 4) is 6.07 Å². The summed E-state index contributed by atoms with van der Waals surface area (Å²) < 4.78 is 0. The van der Waals surface area contributed by atoms with Crippen molar-refractivity contribution in [2.24, 2.45) is 0 Å². The topological polar surface area (TPSA) is 44.1 Å². The van der Waals surface area contributed by atoms with Gasteiger partial charge < -0.3 is 4.90 Å². The highest BCUT2D eigenvalue weighted by Crippen LogP contribution is 2.23. The molecule has 0 N–H and O–H groups in total. The fourth-order valence-corrected chi connectivity index (χ4v) is 3.26. The Bertz CT molecular complexity index is 698. The van der Waals surface area contributed by atoms with Crippen LogP contribution in [0.2, 0.25) is 5.02 Å². The first-order valence-corrected chi connectivity index (χ1v) is 9.14. The van der Waals surface area contributed by atoms with Crippen molar-refractivity contribution in [2.45, 2.75) is 24.3 Å². The largest absolute Gasteiger partial charge is 0.310 e. The van der Waals surface area contributed by atoms with Gasteiger partial charge in [0.25, 0.3) is 0 Å². The van der Waals surface area contributed by atoms with Crippen LogP contribution >= 0.6 is 23.4 Å². The van der Waals surface area contributed by atoms with Crippen molar-refractivity contribution >= 4 is 35.0 Å². The predicted octanol–water partition coefficient (Wildman–Crippen LogP) is 4.91. The highest BCUT2D eigenvalue weighted by Gasteiger charge is 2.22. The van der Waals surface area contributed by atoms with Crippen LogP contribution < -0.4 is 4.90 Å². The third-order valence-corrected chi connectivity index (χ3v) is 5.00. The van der Waals surface area contributed by atoms with Gasteiger partial charge in [0, 0.05) is 23.0 Å². The Morgan fingerprint density at radius 2 is 1.88 bits per heavy atom. The fourth-order valence-electron chi connectivity index (χ4n) is 2.23. The standard InChI is InChI=1S/C19H19ClN2OS/c1-15(24-14-16-8-10-17(20)11-9-16)19(23)22(13-5-12-21)18-6-3-2-4-7-18/h2-4,6-11,15H,5,13-14H2,1H3. The molecule has 0 saturated heterocycles. The van der Waals surface area contributed by atoms with E-state index in [9.17, 15) is 4.79 Å². The zero-order valence-electron chi connectivity index (χ0n) is 13.5. The Hall–Kier alpha value is -1.96. The van der Waals surface area contributed by atoms with Gasteiger partial charge >= 0.3 is 0 Å². The second-order valence-electron chi connectivity index (χ2n) is 5.31. The highest BCUT2D eigenvalue weighted by atomic mass is 35.5. The van der Waals surface area contributed by atoms with Crippen LogP contribution in [0.15, 0.2) is 54.6 Å². The predicted molar refractivity (Wildman–Crippen MR) is 101 cm³/mol. The minimum atomic E-state index is -0.195. The van der Waals surface area contributed by atoms with Gasteiger partial charge in [-0.15, -0.1) is 11.8 Å². The zero-order valence-corrected chi connectivity index (χ0v) is 15.1. The summed E-state index contributed by atoms with van der Waals surface area (Å²) in [4.78, 5) is 14.5. The van der Waals surface area contributed by atoms with Crippen molar-refractivity contribution in [3.63, 3.8) is 0 Å². The number of halogens is 1.